The largest absolute Gasteiger partial charge is 0.494 e. The molecule has 0 aliphatic carbocycles. The lowest BCUT2D eigenvalue weighted by molar-refractivity contribution is -0.147. The second kappa shape index (κ2) is 11.7. The molecule has 0 bridgehead atoms. The van der Waals surface area contributed by atoms with Gasteiger partial charge in [0.25, 0.3) is 0 Å². The first-order valence-corrected chi connectivity index (χ1v) is 16.3. The summed E-state index contributed by atoms with van der Waals surface area (Å²) >= 11 is 1.56. The van der Waals surface area contributed by atoms with E-state index in [1.54, 1.807) is 26.5 Å². The van der Waals surface area contributed by atoms with Crippen LogP contribution in [-0.2, 0) is 20.9 Å². The second-order valence-corrected chi connectivity index (χ2v) is 14.4. The number of aliphatic hydroxyl groups is 1. The molecule has 2 aromatic carbocycles. The highest BCUT2D eigenvalue weighted by molar-refractivity contribution is 8.02. The summed E-state index contributed by atoms with van der Waals surface area (Å²) < 4.78 is 3.93. The summed E-state index contributed by atoms with van der Waals surface area (Å²) in [4.78, 5) is 49.3. The highest BCUT2D eigenvalue weighted by atomic mass is 32.2. The van der Waals surface area contributed by atoms with Crippen molar-refractivity contribution < 1.29 is 24.2 Å². The Labute approximate surface area is 263 Å². The average molecular weight is 616 g/mol. The van der Waals surface area contributed by atoms with Gasteiger partial charge in [0.05, 0.1) is 35.8 Å². The summed E-state index contributed by atoms with van der Waals surface area (Å²) in [6.07, 6.45) is 8.09. The molecule has 1 spiro atoms. The fourth-order valence-corrected chi connectivity index (χ4v) is 9.70. The number of thioether (sulfide) groups is 1. The first-order valence-electron chi connectivity index (χ1n) is 15.5. The molecule has 3 amide bonds. The molecular formula is C35H41N3O5S. The summed E-state index contributed by atoms with van der Waals surface area (Å²) in [5.74, 6) is -1.37. The molecule has 6 rings (SSSR count). The number of hydrogen-bond acceptors (Lipinski definition) is 6. The van der Waals surface area contributed by atoms with Crippen LogP contribution in [0.5, 0.6) is 5.75 Å². The monoisotopic (exact) mass is 615 g/mol. The fraction of sp³-hybridized carbons (Fsp3) is 0.457. The molecule has 0 aromatic heterocycles. The van der Waals surface area contributed by atoms with Crippen LogP contribution in [0.3, 0.4) is 0 Å². The van der Waals surface area contributed by atoms with Crippen LogP contribution >= 0.6 is 11.8 Å². The van der Waals surface area contributed by atoms with Gasteiger partial charge < -0.3 is 24.5 Å². The van der Waals surface area contributed by atoms with Gasteiger partial charge >= 0.3 is 0 Å². The molecule has 8 nitrogen and oxygen atoms in total. The van der Waals surface area contributed by atoms with Gasteiger partial charge in [0, 0.05) is 30.1 Å². The predicted octanol–water partition coefficient (Wildman–Crippen LogP) is 4.29. The van der Waals surface area contributed by atoms with E-state index in [0.717, 1.165) is 17.0 Å². The first kappa shape index (κ1) is 30.5. The summed E-state index contributed by atoms with van der Waals surface area (Å²) in [6, 6.07) is 15.9. The number of anilines is 1. The number of likely N-dealkylation sites (tertiary alicyclic amines) is 1. The molecule has 4 aliphatic heterocycles. The highest BCUT2D eigenvalue weighted by Crippen LogP contribution is 2.66. The van der Waals surface area contributed by atoms with Crippen LogP contribution < -0.4 is 9.64 Å². The number of ether oxygens (including phenoxy) is 1. The summed E-state index contributed by atoms with van der Waals surface area (Å²) in [5, 5.41) is 10.6. The maximum Gasteiger partial charge on any atom is 0.247 e. The zero-order valence-electron chi connectivity index (χ0n) is 25.8. The van der Waals surface area contributed by atoms with Crippen LogP contribution in [0.4, 0.5) is 5.69 Å². The predicted molar refractivity (Wildman–Crippen MR) is 172 cm³/mol. The lowest BCUT2D eigenvalue weighted by Gasteiger charge is -2.41. The quantitative estimate of drug-likeness (QED) is 0.446. The minimum absolute atomic E-state index is 0.0936. The van der Waals surface area contributed by atoms with Gasteiger partial charge in [-0.05, 0) is 49.6 Å². The molecular weight excluding hydrogens is 574 g/mol. The van der Waals surface area contributed by atoms with Gasteiger partial charge in [0.1, 0.15) is 11.8 Å². The number of rotatable bonds is 8. The van der Waals surface area contributed by atoms with Crippen molar-refractivity contribution in [1.82, 2.24) is 9.80 Å². The van der Waals surface area contributed by atoms with Crippen molar-refractivity contribution >= 4 is 35.2 Å². The number of hydrogen-bond donors (Lipinski definition) is 1. The molecule has 6 atom stereocenters. The van der Waals surface area contributed by atoms with Crippen LogP contribution in [0.15, 0.2) is 78.9 Å². The summed E-state index contributed by atoms with van der Waals surface area (Å²) in [7, 11) is 0. The minimum atomic E-state index is -0.969. The zero-order valence-corrected chi connectivity index (χ0v) is 26.6. The normalized spacial score (nSPS) is 30.3. The van der Waals surface area contributed by atoms with Crippen molar-refractivity contribution in [3.63, 3.8) is 0 Å². The van der Waals surface area contributed by atoms with Crippen LogP contribution in [0.2, 0.25) is 0 Å². The molecule has 2 saturated heterocycles. The molecule has 1 unspecified atom stereocenters. The molecule has 4 heterocycles. The van der Waals surface area contributed by atoms with Gasteiger partial charge in [-0.3, -0.25) is 14.4 Å². The van der Waals surface area contributed by atoms with E-state index >= 15 is 0 Å². The Kier molecular flexibility index (Phi) is 8.13. The summed E-state index contributed by atoms with van der Waals surface area (Å²) in [5.41, 5.74) is 1.73. The standard InChI is InChI=1S/C35H41N3O5S/c1-5-43-26-15-13-25(14-16-26)37-20-9-17-34(4)28(31(37)40)29-32(41)38(27(22-39)23(2)3)30-33(42)36(19-10-18-35(29,30)44-34)21-24-11-7-6-8-12-24/h6-18,23,27-30,39H,5,19-22H2,1-4H3/t27-,28-,29-,30?,34+,35-/m0/s1. The Balaban J connectivity index is 1.44. The number of carbonyl (C=O) groups excluding carboxylic acids is 3. The number of fused-ring (bicyclic) bond motifs is 2. The maximum absolute atomic E-state index is 14.8. The third-order valence-electron chi connectivity index (χ3n) is 9.57. The van der Waals surface area contributed by atoms with E-state index in [2.05, 4.69) is 6.08 Å². The lowest BCUT2D eigenvalue weighted by Crippen LogP contribution is -2.57. The summed E-state index contributed by atoms with van der Waals surface area (Å²) in [6.45, 7) is 9.33. The third kappa shape index (κ3) is 4.85. The lowest BCUT2D eigenvalue weighted by atomic mass is 9.74. The van der Waals surface area contributed by atoms with Crippen LogP contribution in [-0.4, -0.2) is 80.5 Å². The highest BCUT2D eigenvalue weighted by Gasteiger charge is 2.74. The Hall–Kier alpha value is -3.56. The van der Waals surface area contributed by atoms with Crippen molar-refractivity contribution in [2.45, 2.75) is 55.8 Å². The Bertz CT molecular complexity index is 1480. The van der Waals surface area contributed by atoms with Crippen molar-refractivity contribution in [2.75, 3.05) is 31.2 Å². The van der Waals surface area contributed by atoms with Gasteiger partial charge in [-0.2, -0.15) is 0 Å². The Morgan fingerprint density at radius 1 is 0.932 bits per heavy atom. The Morgan fingerprint density at radius 3 is 2.30 bits per heavy atom. The molecule has 2 aromatic rings. The van der Waals surface area contributed by atoms with Crippen LogP contribution in [0.1, 0.15) is 33.3 Å². The number of amides is 3. The van der Waals surface area contributed by atoms with Crippen molar-refractivity contribution in [3.8, 4) is 5.75 Å². The number of aliphatic hydroxyl groups excluding tert-OH is 1. The molecule has 1 N–H and O–H groups in total. The molecule has 0 radical (unpaired) electrons. The molecule has 9 heteroatoms. The molecule has 2 fully saturated rings. The molecule has 232 valence electrons. The maximum atomic E-state index is 14.8. The van der Waals surface area contributed by atoms with E-state index in [1.807, 2.05) is 101 Å². The van der Waals surface area contributed by atoms with E-state index in [1.165, 1.54) is 0 Å². The van der Waals surface area contributed by atoms with Crippen molar-refractivity contribution in [1.29, 1.82) is 0 Å². The second-order valence-electron chi connectivity index (χ2n) is 12.6. The van der Waals surface area contributed by atoms with Crippen molar-refractivity contribution in [2.24, 2.45) is 17.8 Å². The topological polar surface area (TPSA) is 90.4 Å². The van der Waals surface area contributed by atoms with Crippen LogP contribution in [0, 0.1) is 17.8 Å². The minimum Gasteiger partial charge on any atom is -0.494 e. The third-order valence-corrected chi connectivity index (χ3v) is 11.4. The molecule has 0 saturated carbocycles. The van der Waals surface area contributed by atoms with E-state index in [-0.39, 0.29) is 30.2 Å². The van der Waals surface area contributed by atoms with Crippen LogP contribution in [0.25, 0.3) is 0 Å². The first-order chi connectivity index (χ1) is 21.1. The van der Waals surface area contributed by atoms with Gasteiger partial charge in [0.2, 0.25) is 17.7 Å². The van der Waals surface area contributed by atoms with Gasteiger partial charge in [-0.25, -0.2) is 0 Å². The Morgan fingerprint density at radius 2 is 1.64 bits per heavy atom. The average Bonchev–Trinajstić information content (AvgIpc) is 3.28. The van der Waals surface area contributed by atoms with Gasteiger partial charge in [-0.15, -0.1) is 11.8 Å². The van der Waals surface area contributed by atoms with E-state index < -0.39 is 33.4 Å². The number of nitrogens with zero attached hydrogens (tertiary/aromatic N) is 3. The SMILES string of the molecule is CCOc1ccc(N2CC=C[C@@]3(C)S[C@]45C=CCN(Cc6ccccc6)C(=O)C4N([C@@H](CO)C(C)C)C(=O)[C@@H]5[C@H]3C2=O)cc1. The van der Waals surface area contributed by atoms with E-state index in [0.29, 0.717) is 26.2 Å². The van der Waals surface area contributed by atoms with E-state index in [4.69, 9.17) is 4.74 Å². The molecule has 4 aliphatic rings. The van der Waals surface area contributed by atoms with E-state index in [9.17, 15) is 19.5 Å². The number of carbonyl (C=O) groups is 3. The zero-order chi connectivity index (χ0) is 31.2. The molecule has 44 heavy (non-hydrogen) atoms. The smallest absolute Gasteiger partial charge is 0.247 e. The van der Waals surface area contributed by atoms with Gasteiger partial charge in [-0.1, -0.05) is 68.5 Å². The number of benzene rings is 2. The van der Waals surface area contributed by atoms with Gasteiger partial charge in [0.15, 0.2) is 0 Å². The fourth-order valence-electron chi connectivity index (χ4n) is 7.55. The van der Waals surface area contributed by atoms with Crippen molar-refractivity contribution in [3.05, 3.63) is 84.5 Å².